The Hall–Kier alpha value is -1.94. The quantitative estimate of drug-likeness (QED) is 0.0222. The molecule has 4 unspecified atom stereocenters. The summed E-state index contributed by atoms with van der Waals surface area (Å²) >= 11 is 0. The Kier molecular flexibility index (Phi) is 54.8. The summed E-state index contributed by atoms with van der Waals surface area (Å²) in [5, 5.41) is 10.5. The first-order valence-electron chi connectivity index (χ1n) is 34.2. The van der Waals surface area contributed by atoms with Crippen LogP contribution in [0, 0.1) is 23.7 Å². The van der Waals surface area contributed by atoms with Gasteiger partial charge in [-0.1, -0.05) is 267 Å². The minimum atomic E-state index is -4.95. The third kappa shape index (κ3) is 59.5. The molecule has 0 radical (unpaired) electrons. The van der Waals surface area contributed by atoms with Crippen LogP contribution >= 0.6 is 15.6 Å². The predicted molar refractivity (Wildman–Crippen MR) is 340 cm³/mol. The van der Waals surface area contributed by atoms with Crippen molar-refractivity contribution in [3.8, 4) is 0 Å². The fourth-order valence-electron chi connectivity index (χ4n) is 9.75. The molecule has 0 saturated heterocycles. The largest absolute Gasteiger partial charge is 0.472 e. The van der Waals surface area contributed by atoms with Crippen LogP contribution in [-0.2, 0) is 65.4 Å². The van der Waals surface area contributed by atoms with E-state index in [1.807, 2.05) is 0 Å². The molecule has 0 heterocycles. The van der Waals surface area contributed by atoms with Crippen molar-refractivity contribution in [1.82, 2.24) is 0 Å². The van der Waals surface area contributed by atoms with Crippen molar-refractivity contribution >= 4 is 39.5 Å². The van der Waals surface area contributed by atoms with Crippen LogP contribution in [0.25, 0.3) is 0 Å². The summed E-state index contributed by atoms with van der Waals surface area (Å²) in [6.07, 6.45) is 36.4. The van der Waals surface area contributed by atoms with Crippen LogP contribution in [0.5, 0.6) is 0 Å². The maximum absolute atomic E-state index is 13.0. The SMILES string of the molecule is CCC(C)CCCCCCCCCCCCC(=O)OC[C@H](COP(=O)(O)OCC(O)COP(=O)(O)OC[C@@H](COC(=O)CCCCCCCCCC(C)C)OC(=O)CCCCCCCCCCCC(C)C)OC(=O)CCCCCCCCC(C)C. The van der Waals surface area contributed by atoms with Gasteiger partial charge in [-0.2, -0.15) is 0 Å². The smallest absolute Gasteiger partial charge is 0.462 e. The Morgan fingerprint density at radius 3 is 0.835 bits per heavy atom. The van der Waals surface area contributed by atoms with E-state index < -0.39 is 97.5 Å². The lowest BCUT2D eigenvalue weighted by molar-refractivity contribution is -0.161. The highest BCUT2D eigenvalue weighted by molar-refractivity contribution is 7.47. The van der Waals surface area contributed by atoms with Crippen molar-refractivity contribution in [1.29, 1.82) is 0 Å². The van der Waals surface area contributed by atoms with E-state index >= 15 is 0 Å². The van der Waals surface area contributed by atoms with Crippen molar-refractivity contribution in [3.63, 3.8) is 0 Å². The number of phosphoric acid groups is 2. The van der Waals surface area contributed by atoms with Gasteiger partial charge in [0.1, 0.15) is 19.3 Å². The van der Waals surface area contributed by atoms with Crippen LogP contribution in [0.3, 0.4) is 0 Å². The molecule has 0 aliphatic heterocycles. The molecule has 0 aromatic carbocycles. The number of rotatable bonds is 63. The average molecular weight is 1260 g/mol. The van der Waals surface area contributed by atoms with E-state index in [4.69, 9.17) is 37.0 Å². The summed E-state index contributed by atoms with van der Waals surface area (Å²) in [6, 6.07) is 0. The second-order valence-electron chi connectivity index (χ2n) is 25.5. The molecular formula is C66H128O17P2. The van der Waals surface area contributed by atoms with Gasteiger partial charge in [-0.15, -0.1) is 0 Å². The van der Waals surface area contributed by atoms with Gasteiger partial charge in [0.05, 0.1) is 26.4 Å². The normalized spacial score (nSPS) is 14.7. The summed E-state index contributed by atoms with van der Waals surface area (Å²) in [6.45, 7) is 14.0. The van der Waals surface area contributed by atoms with Crippen LogP contribution in [0.2, 0.25) is 0 Å². The molecule has 0 bridgehead atoms. The molecule has 0 aliphatic carbocycles. The summed E-state index contributed by atoms with van der Waals surface area (Å²) in [4.78, 5) is 72.3. The molecule has 0 rings (SSSR count). The Bertz CT molecular complexity index is 1700. The predicted octanol–water partition coefficient (Wildman–Crippen LogP) is 18.1. The standard InChI is InChI=1S/C66H128O17P2/c1-9-59(8)45-37-29-20-14-10-11-15-21-30-38-46-63(68)76-53-62(83-66(71)49-41-33-25-24-28-36-44-58(6)7)55-81-85(74,75)79-51-60(67)50-78-84(72,73)80-54-61(52-77-64(69)47-39-31-23-17-19-27-35-43-57(4)5)82-65(70)48-40-32-22-16-12-13-18-26-34-42-56(2)3/h56-62,67H,9-55H2,1-8H3,(H,72,73)(H,74,75)/t59?,60?,61-,62-/m1/s1. The van der Waals surface area contributed by atoms with Crippen LogP contribution < -0.4 is 0 Å². The number of carbonyl (C=O) groups is 4. The van der Waals surface area contributed by atoms with Crippen molar-refractivity contribution in [2.75, 3.05) is 39.6 Å². The maximum atomic E-state index is 13.0. The molecule has 0 saturated carbocycles. The minimum Gasteiger partial charge on any atom is -0.462 e. The van der Waals surface area contributed by atoms with E-state index in [1.54, 1.807) is 0 Å². The Labute approximate surface area is 517 Å². The van der Waals surface area contributed by atoms with Crippen LogP contribution in [0.1, 0.15) is 319 Å². The molecular weight excluding hydrogens is 1130 g/mol. The molecule has 0 fully saturated rings. The van der Waals surface area contributed by atoms with Gasteiger partial charge in [-0.25, -0.2) is 9.13 Å². The van der Waals surface area contributed by atoms with Gasteiger partial charge in [0.25, 0.3) is 0 Å². The van der Waals surface area contributed by atoms with Gasteiger partial charge in [0.2, 0.25) is 0 Å². The third-order valence-electron chi connectivity index (χ3n) is 15.4. The van der Waals surface area contributed by atoms with Gasteiger partial charge in [-0.3, -0.25) is 37.3 Å². The number of hydrogen-bond donors (Lipinski definition) is 3. The highest BCUT2D eigenvalue weighted by Gasteiger charge is 2.30. The summed E-state index contributed by atoms with van der Waals surface area (Å²) in [7, 11) is -9.89. The minimum absolute atomic E-state index is 0.101. The molecule has 504 valence electrons. The molecule has 0 spiro atoms. The monoisotopic (exact) mass is 1250 g/mol. The molecule has 6 atom stereocenters. The number of aliphatic hydroxyl groups excluding tert-OH is 1. The number of esters is 4. The van der Waals surface area contributed by atoms with E-state index in [1.165, 1.54) is 116 Å². The summed E-state index contributed by atoms with van der Waals surface area (Å²) in [5.41, 5.74) is 0. The second kappa shape index (κ2) is 56.1. The summed E-state index contributed by atoms with van der Waals surface area (Å²) < 4.78 is 68.0. The van der Waals surface area contributed by atoms with Gasteiger partial charge in [0.15, 0.2) is 12.2 Å². The number of phosphoric ester groups is 2. The second-order valence-corrected chi connectivity index (χ2v) is 28.4. The van der Waals surface area contributed by atoms with E-state index in [0.29, 0.717) is 37.5 Å². The first kappa shape index (κ1) is 83.1. The molecule has 3 N–H and O–H groups in total. The molecule has 0 aliphatic rings. The van der Waals surface area contributed by atoms with Gasteiger partial charge in [0, 0.05) is 25.7 Å². The first-order chi connectivity index (χ1) is 40.6. The first-order valence-corrected chi connectivity index (χ1v) is 37.2. The van der Waals surface area contributed by atoms with E-state index in [0.717, 1.165) is 108 Å². The fourth-order valence-corrected chi connectivity index (χ4v) is 11.3. The number of unbranched alkanes of at least 4 members (excludes halogenated alkanes) is 28. The highest BCUT2D eigenvalue weighted by Crippen LogP contribution is 2.45. The molecule has 85 heavy (non-hydrogen) atoms. The topological polar surface area (TPSA) is 237 Å². The van der Waals surface area contributed by atoms with Crippen molar-refractivity contribution in [2.45, 2.75) is 337 Å². The van der Waals surface area contributed by atoms with Crippen LogP contribution in [0.15, 0.2) is 0 Å². The van der Waals surface area contributed by atoms with Gasteiger partial charge >= 0.3 is 39.5 Å². The lowest BCUT2D eigenvalue weighted by atomic mass is 9.99. The zero-order valence-electron chi connectivity index (χ0n) is 55.2. The van der Waals surface area contributed by atoms with Crippen molar-refractivity contribution in [2.24, 2.45) is 23.7 Å². The zero-order valence-corrected chi connectivity index (χ0v) is 57.0. The lowest BCUT2D eigenvalue weighted by Crippen LogP contribution is -2.30. The summed E-state index contributed by atoms with van der Waals surface area (Å²) in [5.74, 6) is 0.780. The van der Waals surface area contributed by atoms with E-state index in [9.17, 15) is 43.2 Å². The van der Waals surface area contributed by atoms with Gasteiger partial charge < -0.3 is 33.8 Å². The molecule has 0 aromatic rings. The molecule has 19 heteroatoms. The van der Waals surface area contributed by atoms with Crippen LogP contribution in [0.4, 0.5) is 0 Å². The number of carbonyl (C=O) groups excluding carboxylic acids is 4. The molecule has 0 amide bonds. The Morgan fingerprint density at radius 1 is 0.329 bits per heavy atom. The number of ether oxygens (including phenoxy) is 4. The van der Waals surface area contributed by atoms with E-state index in [-0.39, 0.29) is 25.7 Å². The van der Waals surface area contributed by atoms with Gasteiger partial charge in [-0.05, 0) is 49.4 Å². The van der Waals surface area contributed by atoms with Crippen molar-refractivity contribution in [3.05, 3.63) is 0 Å². The van der Waals surface area contributed by atoms with Crippen LogP contribution in [-0.4, -0.2) is 96.7 Å². The highest BCUT2D eigenvalue weighted by atomic mass is 31.2. The Morgan fingerprint density at radius 2 is 0.565 bits per heavy atom. The lowest BCUT2D eigenvalue weighted by Gasteiger charge is -2.21. The third-order valence-corrected chi connectivity index (χ3v) is 17.3. The van der Waals surface area contributed by atoms with Crippen molar-refractivity contribution < 1.29 is 80.2 Å². The van der Waals surface area contributed by atoms with E-state index in [2.05, 4.69) is 55.4 Å². The maximum Gasteiger partial charge on any atom is 0.472 e. The number of aliphatic hydroxyl groups is 1. The molecule has 0 aromatic heterocycles. The Balaban J connectivity index is 5.23. The number of hydrogen-bond acceptors (Lipinski definition) is 15. The zero-order chi connectivity index (χ0) is 63.2. The molecule has 17 nitrogen and oxygen atoms in total. The fraction of sp³-hybridized carbons (Fsp3) is 0.939. The average Bonchev–Trinajstić information content (AvgIpc) is 3.62.